The highest BCUT2D eigenvalue weighted by Gasteiger charge is 2.13. The molecule has 3 aromatic heterocycles. The molecule has 0 atom stereocenters. The molecule has 0 amide bonds. The molecule has 0 bridgehead atoms. The molecule has 18 heavy (non-hydrogen) atoms. The van der Waals surface area contributed by atoms with E-state index < -0.39 is 0 Å². The van der Waals surface area contributed by atoms with Gasteiger partial charge in [0.2, 0.25) is 0 Å². The molecular weight excluding hydrogens is 294 g/mol. The van der Waals surface area contributed by atoms with E-state index in [1.54, 1.807) is 12.4 Å². The predicted octanol–water partition coefficient (Wildman–Crippen LogP) is 2.97. The summed E-state index contributed by atoms with van der Waals surface area (Å²) in [5, 5.41) is 0. The molecule has 0 unspecified atom stereocenters. The van der Waals surface area contributed by atoms with Crippen LogP contribution in [0.1, 0.15) is 10.5 Å². The molecule has 4 nitrogen and oxygen atoms in total. The maximum Gasteiger partial charge on any atom is 0.170 e. The summed E-state index contributed by atoms with van der Waals surface area (Å²) in [4.78, 5) is 19.5. The lowest BCUT2D eigenvalue weighted by molar-refractivity contribution is 0.112. The van der Waals surface area contributed by atoms with Crippen LogP contribution in [0.4, 0.5) is 0 Å². The summed E-state index contributed by atoms with van der Waals surface area (Å²) in [6.45, 7) is 0. The van der Waals surface area contributed by atoms with Gasteiger partial charge in [0.25, 0.3) is 0 Å². The van der Waals surface area contributed by atoms with E-state index in [-0.39, 0.29) is 0 Å². The van der Waals surface area contributed by atoms with Gasteiger partial charge in [0.15, 0.2) is 6.29 Å². The highest BCUT2D eigenvalue weighted by atomic mass is 79.9. The monoisotopic (exact) mass is 301 g/mol. The average Bonchev–Trinajstić information content (AvgIpc) is 2.80. The van der Waals surface area contributed by atoms with Gasteiger partial charge in [-0.1, -0.05) is 0 Å². The largest absolute Gasteiger partial charge is 0.298 e. The Morgan fingerprint density at radius 2 is 2.00 bits per heavy atom. The zero-order valence-corrected chi connectivity index (χ0v) is 10.8. The first-order valence-electron chi connectivity index (χ1n) is 5.33. The lowest BCUT2D eigenvalue weighted by Gasteiger charge is -2.01. The number of rotatable bonds is 2. The summed E-state index contributed by atoms with van der Waals surface area (Å²) in [5.41, 5.74) is 2.12. The van der Waals surface area contributed by atoms with Crippen molar-refractivity contribution in [2.45, 2.75) is 0 Å². The molecule has 0 aliphatic heterocycles. The number of pyridine rings is 2. The maximum absolute atomic E-state index is 11.1. The first-order chi connectivity index (χ1) is 8.81. The Hall–Kier alpha value is -2.01. The van der Waals surface area contributed by atoms with Gasteiger partial charge in [0, 0.05) is 28.6 Å². The number of imidazole rings is 1. The third-order valence-electron chi connectivity index (χ3n) is 2.69. The van der Waals surface area contributed by atoms with E-state index in [0.29, 0.717) is 5.69 Å². The van der Waals surface area contributed by atoms with Gasteiger partial charge in [-0.05, 0) is 40.2 Å². The zero-order chi connectivity index (χ0) is 12.5. The first-order valence-corrected chi connectivity index (χ1v) is 6.12. The van der Waals surface area contributed by atoms with Crippen molar-refractivity contribution in [3.05, 3.63) is 53.0 Å². The van der Waals surface area contributed by atoms with Crippen LogP contribution in [0, 0.1) is 0 Å². The summed E-state index contributed by atoms with van der Waals surface area (Å²) in [6.07, 6.45) is 6.06. The van der Waals surface area contributed by atoms with Crippen LogP contribution in [0.3, 0.4) is 0 Å². The molecule has 0 saturated heterocycles. The van der Waals surface area contributed by atoms with Crippen molar-refractivity contribution in [1.29, 1.82) is 0 Å². The molecule has 0 saturated carbocycles. The third-order valence-corrected chi connectivity index (χ3v) is 3.33. The summed E-state index contributed by atoms with van der Waals surface area (Å²) in [5.74, 6) is 0.732. The Balaban J connectivity index is 2.38. The highest BCUT2D eigenvalue weighted by molar-refractivity contribution is 9.10. The van der Waals surface area contributed by atoms with Crippen molar-refractivity contribution in [1.82, 2.24) is 14.4 Å². The fourth-order valence-corrected chi connectivity index (χ4v) is 2.46. The third kappa shape index (κ3) is 1.64. The minimum absolute atomic E-state index is 0.425. The quantitative estimate of drug-likeness (QED) is 0.684. The number of carbonyl (C=O) groups excluding carboxylic acids is 1. The second-order valence-electron chi connectivity index (χ2n) is 3.75. The molecule has 0 aliphatic carbocycles. The first kappa shape index (κ1) is 11.1. The van der Waals surface area contributed by atoms with Crippen LogP contribution in [0.25, 0.3) is 16.9 Å². The van der Waals surface area contributed by atoms with E-state index in [2.05, 4.69) is 25.9 Å². The van der Waals surface area contributed by atoms with E-state index in [0.717, 1.165) is 27.7 Å². The smallest absolute Gasteiger partial charge is 0.170 e. The molecule has 0 radical (unpaired) electrons. The van der Waals surface area contributed by atoms with Gasteiger partial charge in [0.05, 0.1) is 5.52 Å². The standard InChI is InChI=1S/C13H8BrN3O/c14-10-2-1-7-17-12(10)11(8-18)16-13(17)9-3-5-15-6-4-9/h1-8H. The fraction of sp³-hybridized carbons (Fsp3) is 0. The van der Waals surface area contributed by atoms with E-state index in [1.165, 1.54) is 0 Å². The number of aromatic nitrogens is 3. The molecule has 5 heteroatoms. The van der Waals surface area contributed by atoms with Gasteiger partial charge in [-0.3, -0.25) is 14.2 Å². The Morgan fingerprint density at radius 3 is 2.72 bits per heavy atom. The van der Waals surface area contributed by atoms with Crippen molar-refractivity contribution in [2.75, 3.05) is 0 Å². The van der Waals surface area contributed by atoms with Crippen molar-refractivity contribution in [3.63, 3.8) is 0 Å². The minimum atomic E-state index is 0.425. The highest BCUT2D eigenvalue weighted by Crippen LogP contribution is 2.26. The van der Waals surface area contributed by atoms with Gasteiger partial charge < -0.3 is 0 Å². The van der Waals surface area contributed by atoms with Crippen LogP contribution in [-0.2, 0) is 0 Å². The molecule has 0 fully saturated rings. The van der Waals surface area contributed by atoms with Crippen LogP contribution in [-0.4, -0.2) is 20.7 Å². The second kappa shape index (κ2) is 4.34. The summed E-state index contributed by atoms with van der Waals surface area (Å²) in [6, 6.07) is 7.52. The summed E-state index contributed by atoms with van der Waals surface area (Å²) >= 11 is 3.44. The van der Waals surface area contributed by atoms with E-state index in [4.69, 9.17) is 0 Å². The predicted molar refractivity (Wildman–Crippen MR) is 71.5 cm³/mol. The Bertz CT molecular complexity index is 722. The number of hydrogen-bond donors (Lipinski definition) is 0. The van der Waals surface area contributed by atoms with E-state index in [9.17, 15) is 4.79 Å². The average molecular weight is 302 g/mol. The van der Waals surface area contributed by atoms with Gasteiger partial charge in [-0.15, -0.1) is 0 Å². The molecule has 0 aliphatic rings. The Kier molecular flexibility index (Phi) is 2.68. The number of aldehydes is 1. The van der Waals surface area contributed by atoms with Crippen LogP contribution >= 0.6 is 15.9 Å². The van der Waals surface area contributed by atoms with Crippen molar-refractivity contribution >= 4 is 27.7 Å². The number of hydrogen-bond acceptors (Lipinski definition) is 3. The number of halogens is 1. The SMILES string of the molecule is O=Cc1nc(-c2ccncc2)n2cccc(Br)c12. The lowest BCUT2D eigenvalue weighted by atomic mass is 10.2. The molecular formula is C13H8BrN3O. The lowest BCUT2D eigenvalue weighted by Crippen LogP contribution is -1.89. The molecule has 0 aromatic carbocycles. The van der Waals surface area contributed by atoms with E-state index in [1.807, 2.05) is 34.9 Å². The molecule has 88 valence electrons. The van der Waals surface area contributed by atoms with Gasteiger partial charge in [-0.25, -0.2) is 4.98 Å². The van der Waals surface area contributed by atoms with Gasteiger partial charge in [0.1, 0.15) is 11.5 Å². The Labute approximate surface area is 111 Å². The molecule has 3 rings (SSSR count). The van der Waals surface area contributed by atoms with Crippen molar-refractivity contribution < 1.29 is 4.79 Å². The topological polar surface area (TPSA) is 47.3 Å². The van der Waals surface area contributed by atoms with Crippen molar-refractivity contribution in [2.24, 2.45) is 0 Å². The molecule has 0 N–H and O–H groups in total. The number of carbonyl (C=O) groups is 1. The summed E-state index contributed by atoms with van der Waals surface area (Å²) in [7, 11) is 0. The van der Waals surface area contributed by atoms with Crippen LogP contribution in [0.5, 0.6) is 0 Å². The molecule has 3 aromatic rings. The van der Waals surface area contributed by atoms with Gasteiger partial charge in [-0.2, -0.15) is 0 Å². The van der Waals surface area contributed by atoms with Crippen LogP contribution in [0.15, 0.2) is 47.3 Å². The van der Waals surface area contributed by atoms with Crippen LogP contribution in [0.2, 0.25) is 0 Å². The van der Waals surface area contributed by atoms with Crippen LogP contribution < -0.4 is 0 Å². The maximum atomic E-state index is 11.1. The molecule has 3 heterocycles. The normalized spacial score (nSPS) is 10.7. The fourth-order valence-electron chi connectivity index (χ4n) is 1.91. The van der Waals surface area contributed by atoms with Crippen molar-refractivity contribution in [3.8, 4) is 11.4 Å². The number of nitrogens with zero attached hydrogens (tertiary/aromatic N) is 3. The Morgan fingerprint density at radius 1 is 1.22 bits per heavy atom. The second-order valence-corrected chi connectivity index (χ2v) is 4.60. The molecule has 0 spiro atoms. The summed E-state index contributed by atoms with van der Waals surface area (Å²) < 4.78 is 2.74. The number of fused-ring (bicyclic) bond motifs is 1. The van der Waals surface area contributed by atoms with E-state index >= 15 is 0 Å². The zero-order valence-electron chi connectivity index (χ0n) is 9.25. The van der Waals surface area contributed by atoms with Gasteiger partial charge >= 0.3 is 0 Å². The minimum Gasteiger partial charge on any atom is -0.298 e.